The van der Waals surface area contributed by atoms with Gasteiger partial charge in [0.15, 0.2) is 6.10 Å². The normalized spacial score (nSPS) is 12.5. The van der Waals surface area contributed by atoms with Gasteiger partial charge < -0.3 is 14.2 Å². The first kappa shape index (κ1) is 40.4. The third kappa shape index (κ3) is 30.6. The van der Waals surface area contributed by atoms with Gasteiger partial charge in [-0.05, 0) is 44.9 Å². The molecule has 0 saturated heterocycles. The largest absolute Gasteiger partial charge is 0.462 e. The second-order valence-electron chi connectivity index (χ2n) is 11.1. The van der Waals surface area contributed by atoms with E-state index in [1.54, 1.807) is 0 Å². The lowest BCUT2D eigenvalue weighted by molar-refractivity contribution is -0.166. The summed E-state index contributed by atoms with van der Waals surface area (Å²) in [6, 6.07) is 0. The molecule has 0 rings (SSSR count). The zero-order valence-electron chi connectivity index (χ0n) is 27.7. The average molecular weight is 603 g/mol. The van der Waals surface area contributed by atoms with Gasteiger partial charge >= 0.3 is 17.9 Å². The Morgan fingerprint density at radius 1 is 0.488 bits per heavy atom. The summed E-state index contributed by atoms with van der Waals surface area (Å²) in [5.74, 6) is -1.01. The van der Waals surface area contributed by atoms with Gasteiger partial charge in [0.05, 0.1) is 0 Å². The second-order valence-corrected chi connectivity index (χ2v) is 11.1. The first-order valence-electron chi connectivity index (χ1n) is 17.1. The Morgan fingerprint density at radius 3 is 1.42 bits per heavy atom. The quantitative estimate of drug-likeness (QED) is 0.0367. The van der Waals surface area contributed by atoms with E-state index in [-0.39, 0.29) is 37.5 Å². The minimum absolute atomic E-state index is 0.0962. The van der Waals surface area contributed by atoms with Crippen LogP contribution in [0.4, 0.5) is 0 Å². The molecule has 0 amide bonds. The van der Waals surface area contributed by atoms with Crippen molar-refractivity contribution in [3.8, 4) is 0 Å². The zero-order valence-corrected chi connectivity index (χ0v) is 27.7. The highest BCUT2D eigenvalue weighted by atomic mass is 16.6. The topological polar surface area (TPSA) is 78.9 Å². The average Bonchev–Trinajstić information content (AvgIpc) is 3.00. The lowest BCUT2D eigenvalue weighted by atomic mass is 10.1. The zero-order chi connectivity index (χ0) is 31.6. The molecule has 0 aromatic carbocycles. The molecule has 1 unspecified atom stereocenters. The standard InChI is InChI=1S/C37H62O6/c1-4-7-10-13-16-17-18-19-20-21-22-25-27-30-36(39)42-33-34(43-37(40)31-28-24-15-12-9-6-3)32-41-35(38)29-26-23-14-11-8-5-2/h7,10,16-17,19-20,22,25,34H,4-6,8-9,11-15,18,21,23-24,26-33H2,1-3H3/b10-7-,17-16-,20-19-,25-22-. The molecule has 6 heteroatoms. The van der Waals surface area contributed by atoms with Crippen LogP contribution in [0.2, 0.25) is 0 Å². The summed E-state index contributed by atoms with van der Waals surface area (Å²) in [7, 11) is 0. The molecule has 0 aliphatic heterocycles. The molecule has 0 fully saturated rings. The first-order chi connectivity index (χ1) is 21.0. The maximum Gasteiger partial charge on any atom is 0.306 e. The van der Waals surface area contributed by atoms with Crippen molar-refractivity contribution in [1.82, 2.24) is 0 Å². The number of ether oxygens (including phenoxy) is 3. The van der Waals surface area contributed by atoms with Crippen LogP contribution in [0.25, 0.3) is 0 Å². The molecule has 0 aliphatic carbocycles. The molecule has 0 spiro atoms. The lowest BCUT2D eigenvalue weighted by Crippen LogP contribution is -2.30. The summed E-state index contributed by atoms with van der Waals surface area (Å²) in [6.45, 7) is 6.28. The number of hydrogen-bond acceptors (Lipinski definition) is 6. The van der Waals surface area contributed by atoms with Crippen LogP contribution in [0.3, 0.4) is 0 Å². The summed E-state index contributed by atoms with van der Waals surface area (Å²) in [4.78, 5) is 36.9. The lowest BCUT2D eigenvalue weighted by Gasteiger charge is -2.18. The van der Waals surface area contributed by atoms with Gasteiger partial charge in [-0.2, -0.15) is 0 Å². The monoisotopic (exact) mass is 602 g/mol. The highest BCUT2D eigenvalue weighted by Gasteiger charge is 2.19. The molecule has 0 saturated carbocycles. The number of carbonyl (C=O) groups excluding carboxylic acids is 3. The molecule has 0 aliphatic rings. The van der Waals surface area contributed by atoms with Crippen molar-refractivity contribution in [2.45, 2.75) is 155 Å². The molecule has 0 N–H and O–H groups in total. The predicted octanol–water partition coefficient (Wildman–Crippen LogP) is 10.1. The molecule has 0 bridgehead atoms. The van der Waals surface area contributed by atoms with Crippen molar-refractivity contribution in [3.63, 3.8) is 0 Å². The fourth-order valence-electron chi connectivity index (χ4n) is 4.28. The second kappa shape index (κ2) is 32.3. The minimum atomic E-state index is -0.789. The van der Waals surface area contributed by atoms with Crippen molar-refractivity contribution in [2.75, 3.05) is 13.2 Å². The summed E-state index contributed by atoms with van der Waals surface area (Å²) in [5, 5.41) is 0. The number of carbonyl (C=O) groups is 3. The first-order valence-corrected chi connectivity index (χ1v) is 17.1. The van der Waals surface area contributed by atoms with E-state index < -0.39 is 6.10 Å². The highest BCUT2D eigenvalue weighted by Crippen LogP contribution is 2.11. The molecule has 6 nitrogen and oxygen atoms in total. The Bertz CT molecular complexity index is 795. The van der Waals surface area contributed by atoms with E-state index >= 15 is 0 Å². The van der Waals surface area contributed by atoms with Crippen LogP contribution in [-0.4, -0.2) is 37.2 Å². The Balaban J connectivity index is 4.43. The molecular weight excluding hydrogens is 540 g/mol. The van der Waals surface area contributed by atoms with Crippen LogP contribution >= 0.6 is 0 Å². The molecule has 0 aromatic rings. The van der Waals surface area contributed by atoms with Gasteiger partial charge in [-0.15, -0.1) is 0 Å². The van der Waals surface area contributed by atoms with Crippen LogP contribution in [0, 0.1) is 0 Å². The van der Waals surface area contributed by atoms with Crippen LogP contribution in [0.1, 0.15) is 149 Å². The van der Waals surface area contributed by atoms with Crippen molar-refractivity contribution in [3.05, 3.63) is 48.6 Å². The third-order valence-corrected chi connectivity index (χ3v) is 6.86. The van der Waals surface area contributed by atoms with Gasteiger partial charge in [0.2, 0.25) is 0 Å². The van der Waals surface area contributed by atoms with E-state index in [1.807, 2.05) is 12.2 Å². The maximum absolute atomic E-state index is 12.4. The van der Waals surface area contributed by atoms with E-state index in [2.05, 4.69) is 57.2 Å². The summed E-state index contributed by atoms with van der Waals surface area (Å²) < 4.78 is 16.3. The Kier molecular flexibility index (Phi) is 30.3. The van der Waals surface area contributed by atoms with Gasteiger partial charge in [0.25, 0.3) is 0 Å². The van der Waals surface area contributed by atoms with Crippen molar-refractivity contribution < 1.29 is 28.6 Å². The summed E-state index contributed by atoms with van der Waals surface area (Å²) in [6.07, 6.45) is 34.3. The highest BCUT2D eigenvalue weighted by molar-refractivity contribution is 5.71. The Labute approximate surface area is 263 Å². The van der Waals surface area contributed by atoms with Crippen LogP contribution in [0.15, 0.2) is 48.6 Å². The van der Waals surface area contributed by atoms with Crippen LogP contribution in [0.5, 0.6) is 0 Å². The Hall–Kier alpha value is -2.63. The number of hydrogen-bond donors (Lipinski definition) is 0. The number of unbranched alkanes of at least 4 members (excludes halogenated alkanes) is 10. The molecule has 0 heterocycles. The molecular formula is C37H62O6. The van der Waals surface area contributed by atoms with Gasteiger partial charge in [0.1, 0.15) is 13.2 Å². The van der Waals surface area contributed by atoms with E-state index in [1.165, 1.54) is 38.5 Å². The molecule has 0 aromatic heterocycles. The van der Waals surface area contributed by atoms with E-state index in [0.717, 1.165) is 64.2 Å². The van der Waals surface area contributed by atoms with Gasteiger partial charge in [-0.1, -0.05) is 134 Å². The minimum Gasteiger partial charge on any atom is -0.462 e. The third-order valence-electron chi connectivity index (χ3n) is 6.86. The van der Waals surface area contributed by atoms with Crippen LogP contribution in [-0.2, 0) is 28.6 Å². The number of esters is 3. The molecule has 43 heavy (non-hydrogen) atoms. The van der Waals surface area contributed by atoms with Gasteiger partial charge in [-0.3, -0.25) is 14.4 Å². The molecule has 246 valence electrons. The van der Waals surface area contributed by atoms with Crippen molar-refractivity contribution in [2.24, 2.45) is 0 Å². The van der Waals surface area contributed by atoms with Gasteiger partial charge in [-0.25, -0.2) is 0 Å². The molecule has 1 atom stereocenters. The van der Waals surface area contributed by atoms with E-state index in [0.29, 0.717) is 19.3 Å². The summed E-state index contributed by atoms with van der Waals surface area (Å²) >= 11 is 0. The smallest absolute Gasteiger partial charge is 0.306 e. The van der Waals surface area contributed by atoms with Crippen LogP contribution < -0.4 is 0 Å². The Morgan fingerprint density at radius 2 is 0.907 bits per heavy atom. The van der Waals surface area contributed by atoms with Crippen molar-refractivity contribution >= 4 is 17.9 Å². The fourth-order valence-corrected chi connectivity index (χ4v) is 4.28. The van der Waals surface area contributed by atoms with E-state index in [4.69, 9.17) is 14.2 Å². The molecule has 0 radical (unpaired) electrons. The number of rotatable bonds is 29. The summed E-state index contributed by atoms with van der Waals surface area (Å²) in [5.41, 5.74) is 0. The maximum atomic E-state index is 12.4. The van der Waals surface area contributed by atoms with Gasteiger partial charge in [0, 0.05) is 19.3 Å². The fraction of sp³-hybridized carbons (Fsp3) is 0.703. The van der Waals surface area contributed by atoms with E-state index in [9.17, 15) is 14.4 Å². The number of allylic oxidation sites excluding steroid dienone is 8. The van der Waals surface area contributed by atoms with Crippen molar-refractivity contribution in [1.29, 1.82) is 0 Å². The predicted molar refractivity (Wildman–Crippen MR) is 178 cm³/mol. The SMILES string of the molecule is CC/C=C\C/C=C\C/C=C\C/C=C\CCC(=O)OCC(COC(=O)CCCCCCCC)OC(=O)CCCCCCCC.